The van der Waals surface area contributed by atoms with Gasteiger partial charge in [-0.15, -0.1) is 0 Å². The second-order valence-corrected chi connectivity index (χ2v) is 8.28. The van der Waals surface area contributed by atoms with Crippen molar-refractivity contribution in [1.82, 2.24) is 30.5 Å². The zero-order valence-corrected chi connectivity index (χ0v) is 24.2. The molecule has 0 aliphatic carbocycles. The number of hydrazine groups is 1. The molecule has 0 bridgehead atoms. The van der Waals surface area contributed by atoms with Gasteiger partial charge in [0.2, 0.25) is 0 Å². The van der Waals surface area contributed by atoms with Crippen molar-refractivity contribution in [3.05, 3.63) is 69.6 Å². The Labute approximate surface area is 235 Å². The van der Waals surface area contributed by atoms with Gasteiger partial charge in [-0.2, -0.15) is 18.3 Å². The van der Waals surface area contributed by atoms with Crippen LogP contribution in [-0.2, 0) is 6.18 Å². The second kappa shape index (κ2) is 14.9. The van der Waals surface area contributed by atoms with E-state index in [-0.39, 0.29) is 22.1 Å². The van der Waals surface area contributed by atoms with Gasteiger partial charge in [0.1, 0.15) is 5.69 Å². The van der Waals surface area contributed by atoms with Gasteiger partial charge in [0.25, 0.3) is 11.8 Å². The van der Waals surface area contributed by atoms with Crippen LogP contribution in [0.3, 0.4) is 0 Å². The van der Waals surface area contributed by atoms with E-state index >= 15 is 0 Å². The molecule has 0 radical (unpaired) electrons. The van der Waals surface area contributed by atoms with E-state index in [0.29, 0.717) is 21.9 Å². The number of aryl methyl sites for hydroxylation is 2. The van der Waals surface area contributed by atoms with Crippen LogP contribution in [0, 0.1) is 13.8 Å². The summed E-state index contributed by atoms with van der Waals surface area (Å²) in [5.41, 5.74) is 3.69. The summed E-state index contributed by atoms with van der Waals surface area (Å²) in [7, 11) is 2.94. The van der Waals surface area contributed by atoms with E-state index in [4.69, 9.17) is 11.6 Å². The summed E-state index contributed by atoms with van der Waals surface area (Å²) in [6.07, 6.45) is -3.57. The van der Waals surface area contributed by atoms with E-state index < -0.39 is 35.4 Å². The van der Waals surface area contributed by atoms with Crippen molar-refractivity contribution in [2.45, 2.75) is 47.7 Å². The number of halogens is 4. The molecule has 1 aromatic carbocycles. The first-order chi connectivity index (χ1) is 18.8. The fraction of sp³-hybridized carbons (Fsp3) is 0.346. The molecule has 40 heavy (non-hydrogen) atoms. The van der Waals surface area contributed by atoms with Crippen molar-refractivity contribution in [2.75, 3.05) is 19.4 Å². The molecule has 0 unspecified atom stereocenters. The molecule has 0 atom stereocenters. The highest BCUT2D eigenvalue weighted by atomic mass is 35.5. The van der Waals surface area contributed by atoms with Crippen molar-refractivity contribution in [1.29, 1.82) is 0 Å². The average molecular weight is 584 g/mol. The van der Waals surface area contributed by atoms with Crippen molar-refractivity contribution in [3.63, 3.8) is 0 Å². The molecular weight excluding hydrogens is 551 g/mol. The zero-order valence-electron chi connectivity index (χ0n) is 23.5. The van der Waals surface area contributed by atoms with Gasteiger partial charge < -0.3 is 10.2 Å². The maximum atomic E-state index is 13.4. The monoisotopic (exact) mass is 583 g/mol. The predicted octanol–water partition coefficient (Wildman–Crippen LogP) is 5.78. The molecule has 3 rings (SSSR count). The fourth-order valence-corrected chi connectivity index (χ4v) is 3.36. The Morgan fingerprint density at radius 2 is 1.60 bits per heavy atom. The third-order valence-corrected chi connectivity index (χ3v) is 5.12. The van der Waals surface area contributed by atoms with Crippen LogP contribution in [0.5, 0.6) is 0 Å². The molecule has 14 heteroatoms. The number of aromatic nitrogens is 3. The third kappa shape index (κ3) is 8.43. The molecular formula is C26H33ClF3N7O3. The second-order valence-electron chi connectivity index (χ2n) is 7.87. The molecule has 2 aromatic heterocycles. The summed E-state index contributed by atoms with van der Waals surface area (Å²) >= 11 is 6.08. The summed E-state index contributed by atoms with van der Waals surface area (Å²) in [4.78, 5) is 42.9. The zero-order chi connectivity index (χ0) is 30.8. The van der Waals surface area contributed by atoms with Gasteiger partial charge in [-0.3, -0.25) is 15.0 Å². The maximum Gasteiger partial charge on any atom is 0.435 e. The maximum absolute atomic E-state index is 13.4. The van der Waals surface area contributed by atoms with Gasteiger partial charge in [0.05, 0.1) is 16.3 Å². The number of rotatable bonds is 4. The Hall–Kier alpha value is -4.13. The number of urea groups is 1. The molecule has 2 heterocycles. The van der Waals surface area contributed by atoms with Crippen molar-refractivity contribution < 1.29 is 27.6 Å². The molecule has 0 aliphatic rings. The Bertz CT molecular complexity index is 1340. The number of hydrogen-bond donors (Lipinski definition) is 3. The number of hydrogen-bond acceptors (Lipinski definition) is 5. The number of anilines is 1. The fourth-order valence-electron chi connectivity index (χ4n) is 3.16. The minimum Gasteiger partial charge on any atom is -0.330 e. The summed E-state index contributed by atoms with van der Waals surface area (Å²) < 4.78 is 40.9. The number of carbonyl (C=O) groups excluding carboxylic acids is 3. The highest BCUT2D eigenvalue weighted by Crippen LogP contribution is 2.31. The summed E-state index contributed by atoms with van der Waals surface area (Å²) in [5, 5.41) is 5.94. The van der Waals surface area contributed by atoms with E-state index in [1.54, 1.807) is 19.9 Å². The lowest BCUT2D eigenvalue weighted by molar-refractivity contribution is -0.141. The molecule has 0 saturated heterocycles. The number of pyridine rings is 1. The molecule has 3 N–H and O–H groups in total. The first-order valence-electron chi connectivity index (χ1n) is 12.3. The molecule has 0 saturated carbocycles. The first-order valence-corrected chi connectivity index (χ1v) is 12.7. The van der Waals surface area contributed by atoms with Crippen LogP contribution in [0.1, 0.15) is 65.4 Å². The predicted molar refractivity (Wildman–Crippen MR) is 148 cm³/mol. The van der Waals surface area contributed by atoms with Crippen LogP contribution in [-0.4, -0.2) is 51.6 Å². The summed E-state index contributed by atoms with van der Waals surface area (Å²) in [6, 6.07) is 5.92. The molecule has 0 aliphatic heterocycles. The Morgan fingerprint density at radius 3 is 2.15 bits per heavy atom. The van der Waals surface area contributed by atoms with Gasteiger partial charge in [-0.05, 0) is 43.2 Å². The Balaban J connectivity index is 0.00000191. The van der Waals surface area contributed by atoms with Crippen LogP contribution >= 0.6 is 11.6 Å². The van der Waals surface area contributed by atoms with E-state index in [2.05, 4.69) is 26.3 Å². The minimum absolute atomic E-state index is 0.0237. The normalized spacial score (nSPS) is 10.3. The average Bonchev–Trinajstić information content (AvgIpc) is 3.37. The van der Waals surface area contributed by atoms with Crippen LogP contribution in [0.2, 0.25) is 5.02 Å². The minimum atomic E-state index is -4.85. The number of nitrogens with zero attached hydrogens (tertiary/aromatic N) is 4. The van der Waals surface area contributed by atoms with Gasteiger partial charge in [0, 0.05) is 26.4 Å². The summed E-state index contributed by atoms with van der Waals surface area (Å²) in [5.74, 6) is -1.95. The highest BCUT2D eigenvalue weighted by Gasteiger charge is 2.37. The van der Waals surface area contributed by atoms with E-state index in [1.807, 2.05) is 27.7 Å². The summed E-state index contributed by atoms with van der Waals surface area (Å²) in [6.45, 7) is 11.3. The molecule has 0 fully saturated rings. The molecule has 10 nitrogen and oxygen atoms in total. The van der Waals surface area contributed by atoms with E-state index in [9.17, 15) is 27.6 Å². The SMILES string of the molecule is CC.CC.Cc1cc(C)c(NC(=O)c2cc(C(F)(F)F)nn2-c2ncccc2Cl)c(C(=O)NNC(=O)N(C)C)c1. The first kappa shape index (κ1) is 33.9. The van der Waals surface area contributed by atoms with Crippen LogP contribution in [0.25, 0.3) is 5.82 Å². The lowest BCUT2D eigenvalue weighted by Gasteiger charge is -2.17. The van der Waals surface area contributed by atoms with Crippen LogP contribution in [0.15, 0.2) is 36.5 Å². The molecule has 3 aromatic rings. The molecule has 4 amide bonds. The van der Waals surface area contributed by atoms with E-state index in [1.165, 1.54) is 43.4 Å². The van der Waals surface area contributed by atoms with Crippen molar-refractivity contribution in [3.8, 4) is 5.82 Å². The van der Waals surface area contributed by atoms with Crippen molar-refractivity contribution >= 4 is 35.1 Å². The smallest absolute Gasteiger partial charge is 0.330 e. The van der Waals surface area contributed by atoms with Gasteiger partial charge >= 0.3 is 12.2 Å². The van der Waals surface area contributed by atoms with Crippen molar-refractivity contribution in [2.24, 2.45) is 0 Å². The van der Waals surface area contributed by atoms with E-state index in [0.717, 1.165) is 0 Å². The van der Waals surface area contributed by atoms with Gasteiger partial charge in [-0.1, -0.05) is 45.4 Å². The van der Waals surface area contributed by atoms with Gasteiger partial charge in [-0.25, -0.2) is 19.9 Å². The van der Waals surface area contributed by atoms with Crippen LogP contribution < -0.4 is 16.2 Å². The molecule has 218 valence electrons. The topological polar surface area (TPSA) is 121 Å². The molecule has 0 spiro atoms. The quantitative estimate of drug-likeness (QED) is 0.336. The number of carbonyl (C=O) groups is 3. The standard InChI is InChI=1S/C22H21ClF3N7O3.2C2H6/c1-11-8-12(2)17(13(9-11)19(34)29-30-21(36)32(3)4)28-20(35)15-10-16(22(24,25)26)31-33(15)18-14(23)6-5-7-27-18;2*1-2/h5-10H,1-4H3,(H,28,35)(H,29,34)(H,30,36);2*1-2H3. The number of alkyl halides is 3. The largest absolute Gasteiger partial charge is 0.435 e. The Morgan fingerprint density at radius 1 is 0.975 bits per heavy atom. The number of benzene rings is 1. The van der Waals surface area contributed by atoms with Gasteiger partial charge in [0.15, 0.2) is 11.5 Å². The van der Waals surface area contributed by atoms with Crippen LogP contribution in [0.4, 0.5) is 23.7 Å². The lowest BCUT2D eigenvalue weighted by Crippen LogP contribution is -2.46. The number of amides is 4. The third-order valence-electron chi connectivity index (χ3n) is 4.82. The Kier molecular flexibility index (Phi) is 12.6. The number of nitrogens with one attached hydrogen (secondary N) is 3. The lowest BCUT2D eigenvalue weighted by atomic mass is 10.0. The highest BCUT2D eigenvalue weighted by molar-refractivity contribution is 6.32.